The summed E-state index contributed by atoms with van der Waals surface area (Å²) in [6, 6.07) is 7.68. The summed E-state index contributed by atoms with van der Waals surface area (Å²) in [5, 5.41) is 10.7. The van der Waals surface area contributed by atoms with Crippen molar-refractivity contribution in [3.8, 4) is 11.1 Å². The van der Waals surface area contributed by atoms with Gasteiger partial charge < -0.3 is 14.8 Å². The van der Waals surface area contributed by atoms with Crippen molar-refractivity contribution >= 4 is 10.9 Å². The van der Waals surface area contributed by atoms with Gasteiger partial charge in [0, 0.05) is 35.6 Å². The molecule has 2 aromatic carbocycles. The maximum atomic E-state index is 14.4. The molecule has 1 unspecified atom stereocenters. The number of aromatic amines is 1. The van der Waals surface area contributed by atoms with E-state index in [0.717, 1.165) is 53.1 Å². The lowest BCUT2D eigenvalue weighted by atomic mass is 9.86. The first kappa shape index (κ1) is 19.1. The van der Waals surface area contributed by atoms with Crippen LogP contribution in [0.3, 0.4) is 0 Å². The third-order valence-electron chi connectivity index (χ3n) is 5.99. The molecule has 0 spiro atoms. The summed E-state index contributed by atoms with van der Waals surface area (Å²) >= 11 is 0. The van der Waals surface area contributed by atoms with Crippen LogP contribution in [-0.2, 0) is 23.2 Å². The number of H-pyrrole nitrogens is 1. The van der Waals surface area contributed by atoms with Crippen LogP contribution in [0.5, 0.6) is 0 Å². The topological polar surface area (TPSA) is 45.2 Å². The molecule has 0 bridgehead atoms. The Kier molecular flexibility index (Phi) is 4.98. The lowest BCUT2D eigenvalue weighted by molar-refractivity contribution is -0.0795. The van der Waals surface area contributed by atoms with Crippen LogP contribution < -0.4 is 0 Å². The summed E-state index contributed by atoms with van der Waals surface area (Å²) in [6.07, 6.45) is 2.84. The second-order valence-corrected chi connectivity index (χ2v) is 7.43. The van der Waals surface area contributed by atoms with Gasteiger partial charge in [-0.2, -0.15) is 0 Å². The van der Waals surface area contributed by atoms with Gasteiger partial charge in [0.15, 0.2) is 0 Å². The van der Waals surface area contributed by atoms with Crippen LogP contribution in [0.2, 0.25) is 0 Å². The number of rotatable bonds is 5. The zero-order valence-corrected chi connectivity index (χ0v) is 16.2. The number of nitrogens with one attached hydrogen (secondary N) is 1. The van der Waals surface area contributed by atoms with Crippen LogP contribution >= 0.6 is 0 Å². The molecule has 1 atom stereocenters. The van der Waals surface area contributed by atoms with Crippen molar-refractivity contribution in [1.82, 2.24) is 4.98 Å². The minimum absolute atomic E-state index is 0.0509. The average molecular weight is 385 g/mol. The first-order valence-electron chi connectivity index (χ1n) is 9.91. The van der Waals surface area contributed by atoms with Crippen molar-refractivity contribution in [1.29, 1.82) is 0 Å². The van der Waals surface area contributed by atoms with Crippen molar-refractivity contribution < 1.29 is 18.6 Å². The van der Waals surface area contributed by atoms with Gasteiger partial charge >= 0.3 is 0 Å². The number of benzene rings is 2. The average Bonchev–Trinajstić information content (AvgIpc) is 3.07. The molecule has 4 rings (SSSR count). The number of aliphatic hydroxyl groups excluding tert-OH is 1. The molecule has 0 amide bonds. The highest BCUT2D eigenvalue weighted by atomic mass is 19.1. The number of hydrogen-bond acceptors (Lipinski definition) is 2. The Morgan fingerprint density at radius 1 is 1.18 bits per heavy atom. The number of ether oxygens (including phenoxy) is 1. The highest BCUT2D eigenvalue weighted by molar-refractivity contribution is 5.92. The highest BCUT2D eigenvalue weighted by Gasteiger charge is 2.38. The van der Waals surface area contributed by atoms with E-state index in [1.807, 2.05) is 12.1 Å². The van der Waals surface area contributed by atoms with E-state index in [0.29, 0.717) is 18.6 Å². The summed E-state index contributed by atoms with van der Waals surface area (Å²) in [4.78, 5) is 3.57. The van der Waals surface area contributed by atoms with E-state index in [9.17, 15) is 13.9 Å². The van der Waals surface area contributed by atoms with E-state index in [4.69, 9.17) is 4.74 Å². The van der Waals surface area contributed by atoms with Gasteiger partial charge in [-0.1, -0.05) is 13.8 Å². The number of aryl methyl sites for hydroxylation is 1. The second-order valence-electron chi connectivity index (χ2n) is 7.43. The Morgan fingerprint density at radius 3 is 2.68 bits per heavy atom. The molecule has 1 aromatic heterocycles. The Bertz CT molecular complexity index is 1030. The molecular weight excluding hydrogens is 360 g/mol. The number of hydrogen-bond donors (Lipinski definition) is 2. The van der Waals surface area contributed by atoms with Gasteiger partial charge in [-0.15, -0.1) is 0 Å². The Labute approximate surface area is 163 Å². The van der Waals surface area contributed by atoms with Gasteiger partial charge in [-0.3, -0.25) is 0 Å². The minimum Gasteiger partial charge on any atom is -0.396 e. The van der Waals surface area contributed by atoms with E-state index in [2.05, 4.69) is 18.8 Å². The molecule has 2 N–H and O–H groups in total. The molecule has 0 saturated heterocycles. The maximum absolute atomic E-state index is 14.4. The van der Waals surface area contributed by atoms with E-state index in [-0.39, 0.29) is 6.61 Å². The molecule has 148 valence electrons. The van der Waals surface area contributed by atoms with E-state index >= 15 is 0 Å². The molecule has 3 nitrogen and oxygen atoms in total. The first-order chi connectivity index (χ1) is 13.5. The minimum atomic E-state index is -0.578. The van der Waals surface area contributed by atoms with Crippen LogP contribution in [0.1, 0.15) is 43.5 Å². The fourth-order valence-corrected chi connectivity index (χ4v) is 4.48. The van der Waals surface area contributed by atoms with Crippen molar-refractivity contribution in [2.45, 2.75) is 45.1 Å². The quantitative estimate of drug-likeness (QED) is 0.631. The summed E-state index contributed by atoms with van der Waals surface area (Å²) in [7, 11) is 0. The molecule has 0 radical (unpaired) electrons. The van der Waals surface area contributed by atoms with Crippen molar-refractivity contribution in [2.24, 2.45) is 0 Å². The molecule has 0 fully saturated rings. The standard InChI is InChI=1S/C23H25F2NO2/c1-3-14-11-15(17-6-5-16(24)13-20(17)25)12-19-18-7-10-28-23(4-2,8-9-27)22(18)26-21(14)19/h5-6,11-13,26-27H,3-4,7-10H2,1-2H3. The van der Waals surface area contributed by atoms with Gasteiger partial charge in [0.1, 0.15) is 17.2 Å². The predicted octanol–water partition coefficient (Wildman–Crippen LogP) is 5.24. The SMILES string of the molecule is CCc1cc(-c2ccc(F)cc2F)cc2c3c([nH]c12)C(CC)(CCO)OCC3. The summed E-state index contributed by atoms with van der Waals surface area (Å²) < 4.78 is 33.9. The number of aliphatic hydroxyl groups is 1. The van der Waals surface area contributed by atoms with E-state index in [1.165, 1.54) is 17.7 Å². The molecule has 2 heterocycles. The summed E-state index contributed by atoms with van der Waals surface area (Å²) in [6.45, 7) is 4.77. The van der Waals surface area contributed by atoms with Gasteiger partial charge in [-0.05, 0) is 60.2 Å². The predicted molar refractivity (Wildman–Crippen MR) is 106 cm³/mol. The zero-order chi connectivity index (χ0) is 19.9. The third-order valence-corrected chi connectivity index (χ3v) is 5.99. The largest absolute Gasteiger partial charge is 0.396 e. The van der Waals surface area contributed by atoms with Crippen molar-refractivity contribution in [3.63, 3.8) is 0 Å². The van der Waals surface area contributed by atoms with Gasteiger partial charge in [0.2, 0.25) is 0 Å². The van der Waals surface area contributed by atoms with Gasteiger partial charge in [-0.25, -0.2) is 8.78 Å². The van der Waals surface area contributed by atoms with Crippen LogP contribution in [-0.4, -0.2) is 23.3 Å². The molecular formula is C23H25F2NO2. The zero-order valence-electron chi connectivity index (χ0n) is 16.2. The Hall–Kier alpha value is -2.24. The van der Waals surface area contributed by atoms with Gasteiger partial charge in [0.05, 0.1) is 12.3 Å². The molecule has 3 aromatic rings. The number of fused-ring (bicyclic) bond motifs is 3. The fraction of sp³-hybridized carbons (Fsp3) is 0.391. The van der Waals surface area contributed by atoms with Crippen molar-refractivity contribution in [2.75, 3.05) is 13.2 Å². The van der Waals surface area contributed by atoms with Crippen LogP contribution in [0.4, 0.5) is 8.78 Å². The maximum Gasteiger partial charge on any atom is 0.133 e. The van der Waals surface area contributed by atoms with Crippen LogP contribution in [0, 0.1) is 11.6 Å². The monoisotopic (exact) mass is 385 g/mol. The second kappa shape index (κ2) is 7.30. The number of halogens is 2. The number of aromatic nitrogens is 1. The van der Waals surface area contributed by atoms with Crippen LogP contribution in [0.25, 0.3) is 22.0 Å². The van der Waals surface area contributed by atoms with Gasteiger partial charge in [0.25, 0.3) is 0 Å². The summed E-state index contributed by atoms with van der Waals surface area (Å²) in [5.74, 6) is -1.14. The first-order valence-corrected chi connectivity index (χ1v) is 9.91. The fourth-order valence-electron chi connectivity index (χ4n) is 4.48. The van der Waals surface area contributed by atoms with E-state index < -0.39 is 17.2 Å². The smallest absolute Gasteiger partial charge is 0.133 e. The lowest BCUT2D eigenvalue weighted by Gasteiger charge is -2.36. The molecule has 5 heteroatoms. The molecule has 28 heavy (non-hydrogen) atoms. The molecule has 0 aliphatic carbocycles. The lowest BCUT2D eigenvalue weighted by Crippen LogP contribution is -2.36. The summed E-state index contributed by atoms with van der Waals surface area (Å²) in [5.41, 5.74) is 4.96. The molecule has 1 aliphatic rings. The molecule has 1 aliphatic heterocycles. The highest BCUT2D eigenvalue weighted by Crippen LogP contribution is 2.43. The van der Waals surface area contributed by atoms with Crippen molar-refractivity contribution in [3.05, 3.63) is 58.8 Å². The Morgan fingerprint density at radius 2 is 2.00 bits per heavy atom. The Balaban J connectivity index is 1.96. The normalized spacial score (nSPS) is 19.2. The third kappa shape index (κ3) is 2.93. The van der Waals surface area contributed by atoms with Crippen LogP contribution in [0.15, 0.2) is 30.3 Å². The van der Waals surface area contributed by atoms with E-state index in [1.54, 1.807) is 0 Å². The molecule has 0 saturated carbocycles.